The summed E-state index contributed by atoms with van der Waals surface area (Å²) in [5.41, 5.74) is 3.18. The molecule has 1 saturated carbocycles. The molecule has 0 saturated heterocycles. The summed E-state index contributed by atoms with van der Waals surface area (Å²) in [6.45, 7) is 7.05. The molecule has 8 nitrogen and oxygen atoms in total. The van der Waals surface area contributed by atoms with Crippen molar-refractivity contribution in [2.24, 2.45) is 23.7 Å². The third-order valence-electron chi connectivity index (χ3n) is 6.67. The van der Waals surface area contributed by atoms with E-state index in [2.05, 4.69) is 47.8 Å². The predicted octanol–water partition coefficient (Wildman–Crippen LogP) is 1.37. The molecule has 1 amide bonds. The van der Waals surface area contributed by atoms with Crippen LogP contribution in [0.1, 0.15) is 31.1 Å². The van der Waals surface area contributed by atoms with Gasteiger partial charge >= 0.3 is 0 Å². The topological polar surface area (TPSA) is 110 Å². The first kappa shape index (κ1) is 23.1. The highest BCUT2D eigenvalue weighted by Crippen LogP contribution is 2.52. The van der Waals surface area contributed by atoms with Gasteiger partial charge in [0.2, 0.25) is 0 Å². The molecule has 0 aromatic carbocycles. The summed E-state index contributed by atoms with van der Waals surface area (Å²) in [5, 5.41) is 28.1. The summed E-state index contributed by atoms with van der Waals surface area (Å²) in [4.78, 5) is 18.8. The van der Waals surface area contributed by atoms with Crippen molar-refractivity contribution in [1.29, 1.82) is 0 Å². The molecule has 1 aliphatic heterocycles. The van der Waals surface area contributed by atoms with Crippen LogP contribution in [0.15, 0.2) is 41.6 Å². The van der Waals surface area contributed by atoms with Crippen LogP contribution in [-0.4, -0.2) is 65.9 Å². The quantitative estimate of drug-likeness (QED) is 0.403. The monoisotopic (exact) mass is 429 g/mol. The summed E-state index contributed by atoms with van der Waals surface area (Å²) in [7, 11) is 3.95. The molecule has 3 rings (SSSR count). The van der Waals surface area contributed by atoms with Crippen LogP contribution >= 0.6 is 0 Å². The largest absolute Gasteiger partial charge is 0.394 e. The molecule has 170 valence electrons. The maximum atomic E-state index is 12.7. The highest BCUT2D eigenvalue weighted by atomic mass is 16.3. The van der Waals surface area contributed by atoms with Crippen molar-refractivity contribution in [2.45, 2.75) is 26.8 Å². The van der Waals surface area contributed by atoms with Crippen LogP contribution < -0.4 is 16.0 Å². The smallest absolute Gasteiger partial charge is 0.255 e. The van der Waals surface area contributed by atoms with Gasteiger partial charge in [-0.05, 0) is 41.4 Å². The van der Waals surface area contributed by atoms with Crippen molar-refractivity contribution in [3.05, 3.63) is 47.2 Å². The number of carbonyl (C=O) groups excluding carboxylic acids is 1. The average molecular weight is 430 g/mol. The Morgan fingerprint density at radius 1 is 1.29 bits per heavy atom. The number of aromatic nitrogens is 1. The lowest BCUT2D eigenvalue weighted by atomic mass is 9.91. The molecule has 1 unspecified atom stereocenters. The maximum absolute atomic E-state index is 12.7. The second-order valence-electron chi connectivity index (χ2n) is 8.90. The van der Waals surface area contributed by atoms with E-state index >= 15 is 0 Å². The zero-order valence-corrected chi connectivity index (χ0v) is 19.0. The number of aliphatic hydroxyl groups is 2. The number of aliphatic hydroxyl groups excluding tert-OH is 2. The Bertz CT molecular complexity index is 855. The molecule has 2 aliphatic rings. The van der Waals surface area contributed by atoms with E-state index in [1.54, 1.807) is 12.3 Å². The number of nitrogens with one attached hydrogen (secondary N) is 3. The number of hydrogen-bond acceptors (Lipinski definition) is 7. The van der Waals surface area contributed by atoms with Gasteiger partial charge in [0.1, 0.15) is 5.82 Å². The van der Waals surface area contributed by atoms with Gasteiger partial charge in [0.15, 0.2) is 0 Å². The molecule has 0 bridgehead atoms. The number of hydrogen-bond donors (Lipinski definition) is 5. The summed E-state index contributed by atoms with van der Waals surface area (Å²) in [6.07, 6.45) is 5.30. The molecule has 2 heterocycles. The number of amides is 1. The van der Waals surface area contributed by atoms with Crippen molar-refractivity contribution in [3.8, 4) is 0 Å². The standard InChI is InChI=1S/C23H35N5O3/c1-13-14(2)21(13)15(3)16-8-20(22(25-9-16)28(4)5)27-19-6-7-24-10-18(19)23(31)26-17(11-29)12-30/h6-8,10,13-15,17,21,25,29-30H,9,11-12H2,1-5H3,(H,24,27)(H,26,31)/t13-,14?,15+,21-/m0/s1. The van der Waals surface area contributed by atoms with E-state index < -0.39 is 11.9 Å². The van der Waals surface area contributed by atoms with Crippen LogP contribution in [0, 0.1) is 23.7 Å². The lowest BCUT2D eigenvalue weighted by Crippen LogP contribution is -2.40. The minimum atomic E-state index is -0.719. The Morgan fingerprint density at radius 2 is 1.97 bits per heavy atom. The van der Waals surface area contributed by atoms with Crippen molar-refractivity contribution in [3.63, 3.8) is 0 Å². The Hall–Kier alpha value is -2.58. The molecular formula is C23H35N5O3. The fourth-order valence-corrected chi connectivity index (χ4v) is 4.47. The van der Waals surface area contributed by atoms with E-state index in [9.17, 15) is 15.0 Å². The molecule has 31 heavy (non-hydrogen) atoms. The maximum Gasteiger partial charge on any atom is 0.255 e. The first-order valence-corrected chi connectivity index (χ1v) is 10.9. The van der Waals surface area contributed by atoms with Crippen molar-refractivity contribution in [2.75, 3.05) is 39.2 Å². The van der Waals surface area contributed by atoms with Gasteiger partial charge in [0.25, 0.3) is 5.91 Å². The van der Waals surface area contributed by atoms with Crippen LogP contribution in [0.4, 0.5) is 5.69 Å². The fourth-order valence-electron chi connectivity index (χ4n) is 4.47. The van der Waals surface area contributed by atoms with E-state index in [-0.39, 0.29) is 13.2 Å². The Labute approximate surface area is 184 Å². The van der Waals surface area contributed by atoms with Crippen LogP contribution in [0.5, 0.6) is 0 Å². The van der Waals surface area contributed by atoms with Gasteiger partial charge in [-0.15, -0.1) is 0 Å². The van der Waals surface area contributed by atoms with Gasteiger partial charge in [-0.2, -0.15) is 0 Å². The number of carbonyl (C=O) groups is 1. The van der Waals surface area contributed by atoms with Crippen molar-refractivity contribution in [1.82, 2.24) is 20.5 Å². The molecule has 4 atom stereocenters. The second-order valence-corrected chi connectivity index (χ2v) is 8.90. The number of allylic oxidation sites excluding steroid dienone is 1. The van der Waals surface area contributed by atoms with Crippen LogP contribution in [0.3, 0.4) is 0 Å². The fraction of sp³-hybridized carbons (Fsp3) is 0.565. The lowest BCUT2D eigenvalue weighted by molar-refractivity contribution is 0.0880. The predicted molar refractivity (Wildman–Crippen MR) is 121 cm³/mol. The molecule has 1 aromatic heterocycles. The van der Waals surface area contributed by atoms with Gasteiger partial charge in [-0.25, -0.2) is 0 Å². The number of pyridine rings is 1. The van der Waals surface area contributed by atoms with Crippen LogP contribution in [0.2, 0.25) is 0 Å². The van der Waals surface area contributed by atoms with E-state index in [4.69, 9.17) is 0 Å². The zero-order chi connectivity index (χ0) is 22.7. The molecule has 8 heteroatoms. The highest BCUT2D eigenvalue weighted by molar-refractivity contribution is 5.99. The van der Waals surface area contributed by atoms with E-state index in [1.165, 1.54) is 11.8 Å². The molecule has 5 N–H and O–H groups in total. The van der Waals surface area contributed by atoms with Gasteiger partial charge < -0.3 is 31.1 Å². The number of dihydropyridines is 1. The van der Waals surface area contributed by atoms with Gasteiger partial charge in [-0.3, -0.25) is 9.78 Å². The third-order valence-corrected chi connectivity index (χ3v) is 6.67. The van der Waals surface area contributed by atoms with Gasteiger partial charge in [-0.1, -0.05) is 20.8 Å². The first-order chi connectivity index (χ1) is 14.8. The Balaban J connectivity index is 1.88. The zero-order valence-electron chi connectivity index (χ0n) is 19.0. The van der Waals surface area contributed by atoms with Gasteiger partial charge in [0, 0.05) is 33.0 Å². The number of rotatable bonds is 9. The average Bonchev–Trinajstić information content (AvgIpc) is 3.36. The number of anilines is 1. The summed E-state index contributed by atoms with van der Waals surface area (Å²) >= 11 is 0. The van der Waals surface area contributed by atoms with E-state index in [1.807, 2.05) is 19.0 Å². The van der Waals surface area contributed by atoms with Crippen LogP contribution in [-0.2, 0) is 0 Å². The molecule has 1 fully saturated rings. The highest BCUT2D eigenvalue weighted by Gasteiger charge is 2.47. The minimum Gasteiger partial charge on any atom is -0.394 e. The summed E-state index contributed by atoms with van der Waals surface area (Å²) in [6, 6.07) is 1.03. The molecule has 1 aromatic rings. The molecular weight excluding hydrogens is 394 g/mol. The Morgan fingerprint density at radius 3 is 2.55 bits per heavy atom. The first-order valence-electron chi connectivity index (χ1n) is 10.9. The van der Waals surface area contributed by atoms with Crippen molar-refractivity contribution >= 4 is 11.6 Å². The Kier molecular flexibility index (Phi) is 7.23. The molecule has 0 radical (unpaired) electrons. The summed E-state index contributed by atoms with van der Waals surface area (Å²) < 4.78 is 0. The lowest BCUT2D eigenvalue weighted by Gasteiger charge is -2.30. The SMILES string of the molecule is CC1[C@@H]([C@H](C)C2=CC(Nc3ccncc3C(=O)NC(CO)CO)=C(N(C)C)NC2)[C@H]1C. The molecule has 1 aliphatic carbocycles. The summed E-state index contributed by atoms with van der Waals surface area (Å²) in [5.74, 6) is 3.21. The molecule has 0 spiro atoms. The van der Waals surface area contributed by atoms with E-state index in [0.717, 1.165) is 29.9 Å². The van der Waals surface area contributed by atoms with Gasteiger partial charge in [0.05, 0.1) is 36.2 Å². The normalized spacial score (nSPS) is 23.7. The minimum absolute atomic E-state index is 0.340. The van der Waals surface area contributed by atoms with Crippen molar-refractivity contribution < 1.29 is 15.0 Å². The number of nitrogens with zero attached hydrogens (tertiary/aromatic N) is 2. The third kappa shape index (κ3) is 5.02. The second kappa shape index (κ2) is 9.70. The van der Waals surface area contributed by atoms with Crippen LogP contribution in [0.25, 0.3) is 0 Å². The van der Waals surface area contributed by atoms with E-state index in [0.29, 0.717) is 23.1 Å².